The highest BCUT2D eigenvalue weighted by atomic mass is 32.1. The molecule has 2 heterocycles. The van der Waals surface area contributed by atoms with Crippen molar-refractivity contribution in [2.75, 3.05) is 24.3 Å². The zero-order valence-electron chi connectivity index (χ0n) is 17.4. The van der Waals surface area contributed by atoms with Crippen LogP contribution in [0.1, 0.15) is 21.6 Å². The van der Waals surface area contributed by atoms with Crippen LogP contribution in [0.25, 0.3) is 0 Å². The number of thiazole rings is 1. The first-order chi connectivity index (χ1) is 15.1. The van der Waals surface area contributed by atoms with Crippen molar-refractivity contribution in [1.29, 1.82) is 0 Å². The van der Waals surface area contributed by atoms with E-state index in [0.717, 1.165) is 16.9 Å². The van der Waals surface area contributed by atoms with Crippen LogP contribution in [-0.4, -0.2) is 34.8 Å². The first kappa shape index (κ1) is 20.6. The molecular weight excluding hydrogens is 410 g/mol. The van der Waals surface area contributed by atoms with Gasteiger partial charge < -0.3 is 15.0 Å². The largest absolute Gasteiger partial charge is 0.487 e. The molecule has 8 heteroatoms. The van der Waals surface area contributed by atoms with Gasteiger partial charge in [-0.25, -0.2) is 9.67 Å². The Bertz CT molecular complexity index is 1140. The van der Waals surface area contributed by atoms with Crippen molar-refractivity contribution < 1.29 is 9.53 Å². The summed E-state index contributed by atoms with van der Waals surface area (Å²) < 4.78 is 7.52. The van der Waals surface area contributed by atoms with Crippen LogP contribution >= 0.6 is 11.3 Å². The van der Waals surface area contributed by atoms with Gasteiger partial charge in [0.25, 0.3) is 5.91 Å². The molecule has 158 valence electrons. The van der Waals surface area contributed by atoms with Crippen LogP contribution in [0.2, 0.25) is 0 Å². The number of nitrogens with zero attached hydrogens (tertiary/aromatic N) is 4. The number of carbonyl (C=O) groups excluding carboxylic acids is 1. The summed E-state index contributed by atoms with van der Waals surface area (Å²) in [5, 5.41) is 9.23. The van der Waals surface area contributed by atoms with E-state index in [2.05, 4.69) is 44.6 Å². The van der Waals surface area contributed by atoms with Gasteiger partial charge in [0, 0.05) is 36.8 Å². The van der Waals surface area contributed by atoms with Crippen LogP contribution in [0.4, 0.5) is 11.5 Å². The normalized spacial score (nSPS) is 10.6. The number of anilines is 2. The van der Waals surface area contributed by atoms with E-state index in [4.69, 9.17) is 4.74 Å². The van der Waals surface area contributed by atoms with E-state index in [1.54, 1.807) is 40.7 Å². The maximum absolute atomic E-state index is 12.8. The SMILES string of the molecule is CN(C)c1ccc(Cn2nccc2NC(=O)c2cccc(OCc3cscn3)c2)cc1. The molecule has 0 bridgehead atoms. The maximum Gasteiger partial charge on any atom is 0.256 e. The molecule has 1 amide bonds. The highest BCUT2D eigenvalue weighted by Crippen LogP contribution is 2.18. The molecule has 7 nitrogen and oxygen atoms in total. The quantitative estimate of drug-likeness (QED) is 0.449. The lowest BCUT2D eigenvalue weighted by Gasteiger charge is -2.13. The molecule has 0 aliphatic rings. The highest BCUT2D eigenvalue weighted by molar-refractivity contribution is 7.07. The third kappa shape index (κ3) is 5.29. The minimum atomic E-state index is -0.219. The minimum Gasteiger partial charge on any atom is -0.487 e. The number of ether oxygens (including phenoxy) is 1. The molecule has 4 aromatic rings. The summed E-state index contributed by atoms with van der Waals surface area (Å²) in [5.74, 6) is 1.04. The summed E-state index contributed by atoms with van der Waals surface area (Å²) in [7, 11) is 4.02. The number of hydrogen-bond acceptors (Lipinski definition) is 6. The van der Waals surface area contributed by atoms with Crippen LogP contribution in [0, 0.1) is 0 Å². The average Bonchev–Trinajstić information content (AvgIpc) is 3.45. The molecule has 0 saturated carbocycles. The molecule has 1 N–H and O–H groups in total. The van der Waals surface area contributed by atoms with Gasteiger partial charge in [-0.05, 0) is 35.9 Å². The lowest BCUT2D eigenvalue weighted by molar-refractivity contribution is 0.102. The Kier molecular flexibility index (Phi) is 6.28. The molecule has 2 aromatic heterocycles. The van der Waals surface area contributed by atoms with E-state index >= 15 is 0 Å². The van der Waals surface area contributed by atoms with E-state index in [1.807, 2.05) is 25.5 Å². The molecular formula is C23H23N5O2S. The highest BCUT2D eigenvalue weighted by Gasteiger charge is 2.11. The lowest BCUT2D eigenvalue weighted by Crippen LogP contribution is -2.16. The summed E-state index contributed by atoms with van der Waals surface area (Å²) in [5.41, 5.74) is 5.38. The van der Waals surface area contributed by atoms with Gasteiger partial charge in [-0.3, -0.25) is 4.79 Å². The average molecular weight is 434 g/mol. The number of nitrogens with one attached hydrogen (secondary N) is 1. The van der Waals surface area contributed by atoms with Crippen molar-refractivity contribution in [2.24, 2.45) is 0 Å². The van der Waals surface area contributed by atoms with Gasteiger partial charge in [-0.15, -0.1) is 11.3 Å². The zero-order valence-corrected chi connectivity index (χ0v) is 18.2. The predicted octanol–water partition coefficient (Wildman–Crippen LogP) is 4.29. The molecule has 31 heavy (non-hydrogen) atoms. The second kappa shape index (κ2) is 9.44. The first-order valence-electron chi connectivity index (χ1n) is 9.78. The number of benzene rings is 2. The van der Waals surface area contributed by atoms with Crippen molar-refractivity contribution in [3.63, 3.8) is 0 Å². The van der Waals surface area contributed by atoms with Crippen molar-refractivity contribution in [2.45, 2.75) is 13.2 Å². The lowest BCUT2D eigenvalue weighted by atomic mass is 10.2. The van der Waals surface area contributed by atoms with Gasteiger partial charge in [-0.1, -0.05) is 18.2 Å². The molecule has 0 spiro atoms. The van der Waals surface area contributed by atoms with Crippen molar-refractivity contribution >= 4 is 28.7 Å². The van der Waals surface area contributed by atoms with E-state index in [0.29, 0.717) is 30.3 Å². The second-order valence-electron chi connectivity index (χ2n) is 7.19. The zero-order chi connectivity index (χ0) is 21.6. The van der Waals surface area contributed by atoms with Crippen molar-refractivity contribution in [3.05, 3.63) is 88.5 Å². The Morgan fingerprint density at radius 2 is 2.00 bits per heavy atom. The molecule has 0 fully saturated rings. The van der Waals surface area contributed by atoms with E-state index in [-0.39, 0.29) is 5.91 Å². The van der Waals surface area contributed by atoms with E-state index in [1.165, 1.54) is 11.3 Å². The smallest absolute Gasteiger partial charge is 0.256 e. The second-order valence-corrected chi connectivity index (χ2v) is 7.90. The Hall–Kier alpha value is -3.65. The van der Waals surface area contributed by atoms with Crippen LogP contribution < -0.4 is 15.0 Å². The standard InChI is InChI=1S/C23H23N5O2S/c1-27(2)20-8-6-17(7-9-20)13-28-22(10-11-25-28)26-23(29)18-4-3-5-21(12-18)30-14-19-15-31-16-24-19/h3-12,15-16H,13-14H2,1-2H3,(H,26,29). The fourth-order valence-corrected chi connectivity index (χ4v) is 3.56. The molecule has 0 radical (unpaired) electrons. The molecule has 4 rings (SSSR count). The molecule has 0 atom stereocenters. The molecule has 0 aliphatic heterocycles. The topological polar surface area (TPSA) is 72.3 Å². The Morgan fingerprint density at radius 3 is 2.74 bits per heavy atom. The summed E-state index contributed by atoms with van der Waals surface area (Å²) >= 11 is 1.52. The number of hydrogen-bond donors (Lipinski definition) is 1. The fraction of sp³-hybridized carbons (Fsp3) is 0.174. The molecule has 0 unspecified atom stereocenters. The van der Waals surface area contributed by atoms with Crippen LogP contribution in [0.5, 0.6) is 5.75 Å². The predicted molar refractivity (Wildman–Crippen MR) is 123 cm³/mol. The van der Waals surface area contributed by atoms with Gasteiger partial charge in [0.15, 0.2) is 0 Å². The van der Waals surface area contributed by atoms with Gasteiger partial charge >= 0.3 is 0 Å². The number of aromatic nitrogens is 3. The minimum absolute atomic E-state index is 0.219. The van der Waals surface area contributed by atoms with Gasteiger partial charge in [0.05, 0.1) is 23.9 Å². The number of amides is 1. The number of rotatable bonds is 8. The summed E-state index contributed by atoms with van der Waals surface area (Å²) in [6.07, 6.45) is 1.68. The Labute approximate surface area is 184 Å². The molecule has 0 aliphatic carbocycles. The Morgan fingerprint density at radius 1 is 1.16 bits per heavy atom. The van der Waals surface area contributed by atoms with Gasteiger partial charge in [0.1, 0.15) is 18.2 Å². The molecule has 2 aromatic carbocycles. The summed E-state index contributed by atoms with van der Waals surface area (Å²) in [6, 6.07) is 17.1. The monoisotopic (exact) mass is 433 g/mol. The van der Waals surface area contributed by atoms with E-state index < -0.39 is 0 Å². The molecule has 0 saturated heterocycles. The first-order valence-corrected chi connectivity index (χ1v) is 10.7. The fourth-order valence-electron chi connectivity index (χ4n) is 3.02. The van der Waals surface area contributed by atoms with Crippen LogP contribution in [-0.2, 0) is 13.2 Å². The maximum atomic E-state index is 12.8. The van der Waals surface area contributed by atoms with Gasteiger partial charge in [-0.2, -0.15) is 5.10 Å². The summed E-state index contributed by atoms with van der Waals surface area (Å²) in [4.78, 5) is 19.0. The van der Waals surface area contributed by atoms with Crippen LogP contribution in [0.3, 0.4) is 0 Å². The third-order valence-corrected chi connectivity index (χ3v) is 5.34. The summed E-state index contributed by atoms with van der Waals surface area (Å²) in [6.45, 7) is 0.932. The third-order valence-electron chi connectivity index (χ3n) is 4.71. The Balaban J connectivity index is 1.41. The van der Waals surface area contributed by atoms with Crippen molar-refractivity contribution in [3.8, 4) is 5.75 Å². The number of carbonyl (C=O) groups is 1. The van der Waals surface area contributed by atoms with Crippen molar-refractivity contribution in [1.82, 2.24) is 14.8 Å². The van der Waals surface area contributed by atoms with Crippen LogP contribution in [0.15, 0.2) is 71.7 Å². The van der Waals surface area contributed by atoms with Gasteiger partial charge in [0.2, 0.25) is 0 Å². The van der Waals surface area contributed by atoms with E-state index in [9.17, 15) is 4.79 Å².